The maximum absolute atomic E-state index is 5.99. The molecule has 0 heterocycles. The van der Waals surface area contributed by atoms with E-state index in [1.54, 1.807) is 0 Å². The first kappa shape index (κ1) is 12.2. The molecule has 3 rings (SSSR count). The van der Waals surface area contributed by atoms with Crippen LogP contribution in [-0.2, 0) is 13.0 Å². The van der Waals surface area contributed by atoms with Gasteiger partial charge in [0.15, 0.2) is 0 Å². The highest BCUT2D eigenvalue weighted by Crippen LogP contribution is 2.29. The smallest absolute Gasteiger partial charge is 0.0359 e. The standard InChI is InChI=1S/C17H20N2/c18-16-10-4-2-7-14(16)12-19-17-11-5-8-13-6-1-3-9-15(13)17/h1-4,6-7,9-10,17,19H,5,8,11-12,18H2. The minimum Gasteiger partial charge on any atom is -0.398 e. The fraction of sp³-hybridized carbons (Fsp3) is 0.294. The molecule has 0 saturated carbocycles. The predicted molar refractivity (Wildman–Crippen MR) is 79.8 cm³/mol. The van der Waals surface area contributed by atoms with Crippen LogP contribution < -0.4 is 11.1 Å². The molecule has 0 fully saturated rings. The minimum atomic E-state index is 0.463. The van der Waals surface area contributed by atoms with E-state index < -0.39 is 0 Å². The SMILES string of the molecule is Nc1ccccc1CNC1CCCc2ccccc21. The Kier molecular flexibility index (Phi) is 3.51. The average molecular weight is 252 g/mol. The number of para-hydroxylation sites is 1. The molecule has 0 amide bonds. The summed E-state index contributed by atoms with van der Waals surface area (Å²) >= 11 is 0. The van der Waals surface area contributed by atoms with Gasteiger partial charge in [0.1, 0.15) is 0 Å². The van der Waals surface area contributed by atoms with Gasteiger partial charge in [0.05, 0.1) is 0 Å². The van der Waals surface area contributed by atoms with Crippen molar-refractivity contribution in [2.24, 2.45) is 0 Å². The predicted octanol–water partition coefficient (Wildman–Crippen LogP) is 3.44. The number of anilines is 1. The van der Waals surface area contributed by atoms with Crippen LogP contribution in [-0.4, -0.2) is 0 Å². The van der Waals surface area contributed by atoms with Gasteiger partial charge in [-0.05, 0) is 42.0 Å². The monoisotopic (exact) mass is 252 g/mol. The number of aryl methyl sites for hydroxylation is 1. The molecule has 98 valence electrons. The van der Waals surface area contributed by atoms with E-state index in [1.807, 2.05) is 18.2 Å². The molecular formula is C17H20N2. The maximum Gasteiger partial charge on any atom is 0.0359 e. The van der Waals surface area contributed by atoms with Gasteiger partial charge in [-0.3, -0.25) is 0 Å². The number of nitrogens with two attached hydrogens (primary N) is 1. The van der Waals surface area contributed by atoms with E-state index in [0.29, 0.717) is 6.04 Å². The summed E-state index contributed by atoms with van der Waals surface area (Å²) in [6, 6.07) is 17.3. The fourth-order valence-electron chi connectivity index (χ4n) is 2.89. The van der Waals surface area contributed by atoms with Gasteiger partial charge in [-0.15, -0.1) is 0 Å². The van der Waals surface area contributed by atoms with Gasteiger partial charge in [-0.25, -0.2) is 0 Å². The van der Waals surface area contributed by atoms with Crippen molar-refractivity contribution in [2.75, 3.05) is 5.73 Å². The highest BCUT2D eigenvalue weighted by molar-refractivity contribution is 5.46. The van der Waals surface area contributed by atoms with Crippen molar-refractivity contribution in [3.63, 3.8) is 0 Å². The van der Waals surface area contributed by atoms with E-state index >= 15 is 0 Å². The molecule has 0 saturated heterocycles. The lowest BCUT2D eigenvalue weighted by molar-refractivity contribution is 0.459. The zero-order chi connectivity index (χ0) is 13.1. The Labute approximate surface area is 114 Å². The maximum atomic E-state index is 5.99. The lowest BCUT2D eigenvalue weighted by Gasteiger charge is -2.26. The van der Waals surface area contributed by atoms with Crippen molar-refractivity contribution in [2.45, 2.75) is 31.8 Å². The first-order chi connectivity index (χ1) is 9.34. The summed E-state index contributed by atoms with van der Waals surface area (Å²) in [5.74, 6) is 0. The third kappa shape index (κ3) is 2.64. The van der Waals surface area contributed by atoms with E-state index in [-0.39, 0.29) is 0 Å². The first-order valence-electron chi connectivity index (χ1n) is 6.99. The summed E-state index contributed by atoms with van der Waals surface area (Å²) in [6.45, 7) is 0.839. The van der Waals surface area contributed by atoms with Crippen molar-refractivity contribution < 1.29 is 0 Å². The molecule has 1 unspecified atom stereocenters. The third-order valence-corrected chi connectivity index (χ3v) is 3.96. The van der Waals surface area contributed by atoms with E-state index in [9.17, 15) is 0 Å². The summed E-state index contributed by atoms with van der Waals surface area (Å²) in [6.07, 6.45) is 3.69. The van der Waals surface area contributed by atoms with Crippen molar-refractivity contribution >= 4 is 5.69 Å². The molecule has 2 aromatic carbocycles. The van der Waals surface area contributed by atoms with Crippen LogP contribution >= 0.6 is 0 Å². The summed E-state index contributed by atoms with van der Waals surface area (Å²) in [7, 11) is 0. The number of hydrogen-bond donors (Lipinski definition) is 2. The van der Waals surface area contributed by atoms with E-state index in [0.717, 1.165) is 12.2 Å². The molecule has 2 heteroatoms. The van der Waals surface area contributed by atoms with Crippen molar-refractivity contribution in [1.82, 2.24) is 5.32 Å². The normalized spacial score (nSPS) is 18.0. The summed E-state index contributed by atoms with van der Waals surface area (Å²) in [5.41, 5.74) is 11.0. The van der Waals surface area contributed by atoms with E-state index in [4.69, 9.17) is 5.73 Å². The van der Waals surface area contributed by atoms with Crippen LogP contribution in [0.4, 0.5) is 5.69 Å². The van der Waals surface area contributed by atoms with Gasteiger partial charge >= 0.3 is 0 Å². The van der Waals surface area contributed by atoms with Gasteiger partial charge in [0.25, 0.3) is 0 Å². The van der Waals surface area contributed by atoms with Crippen molar-refractivity contribution in [1.29, 1.82) is 0 Å². The van der Waals surface area contributed by atoms with Gasteiger partial charge in [-0.1, -0.05) is 42.5 Å². The van der Waals surface area contributed by atoms with Crippen LogP contribution in [0.25, 0.3) is 0 Å². The van der Waals surface area contributed by atoms with Crippen LogP contribution in [0.15, 0.2) is 48.5 Å². The van der Waals surface area contributed by atoms with Crippen molar-refractivity contribution in [3.05, 3.63) is 65.2 Å². The molecule has 0 aromatic heterocycles. The molecule has 3 N–H and O–H groups in total. The Morgan fingerprint density at radius 1 is 1.05 bits per heavy atom. The summed E-state index contributed by atoms with van der Waals surface area (Å²) < 4.78 is 0. The third-order valence-electron chi connectivity index (χ3n) is 3.96. The molecule has 1 aliphatic rings. The molecule has 2 nitrogen and oxygen atoms in total. The lowest BCUT2D eigenvalue weighted by Crippen LogP contribution is -2.25. The highest BCUT2D eigenvalue weighted by atomic mass is 14.9. The Hall–Kier alpha value is -1.80. The second-order valence-electron chi connectivity index (χ2n) is 5.22. The number of nitrogens with one attached hydrogen (secondary N) is 1. The number of fused-ring (bicyclic) bond motifs is 1. The highest BCUT2D eigenvalue weighted by Gasteiger charge is 2.18. The van der Waals surface area contributed by atoms with Crippen LogP contribution in [0.5, 0.6) is 0 Å². The van der Waals surface area contributed by atoms with Crippen LogP contribution in [0.3, 0.4) is 0 Å². The second kappa shape index (κ2) is 5.45. The van der Waals surface area contributed by atoms with E-state index in [2.05, 4.69) is 35.6 Å². The molecule has 1 atom stereocenters. The fourth-order valence-corrected chi connectivity index (χ4v) is 2.89. The van der Waals surface area contributed by atoms with Crippen molar-refractivity contribution in [3.8, 4) is 0 Å². The number of rotatable bonds is 3. The summed E-state index contributed by atoms with van der Waals surface area (Å²) in [4.78, 5) is 0. The number of benzene rings is 2. The molecule has 0 aliphatic heterocycles. The zero-order valence-electron chi connectivity index (χ0n) is 11.1. The topological polar surface area (TPSA) is 38.0 Å². The second-order valence-corrected chi connectivity index (χ2v) is 5.22. The molecule has 1 aliphatic carbocycles. The van der Waals surface area contributed by atoms with E-state index in [1.165, 1.54) is 36.0 Å². The Morgan fingerprint density at radius 2 is 1.84 bits per heavy atom. The quantitative estimate of drug-likeness (QED) is 0.821. The van der Waals surface area contributed by atoms with Crippen LogP contribution in [0.2, 0.25) is 0 Å². The molecule has 0 spiro atoms. The molecular weight excluding hydrogens is 232 g/mol. The molecule has 0 bridgehead atoms. The molecule has 2 aromatic rings. The summed E-state index contributed by atoms with van der Waals surface area (Å²) in [5, 5.41) is 3.65. The largest absolute Gasteiger partial charge is 0.398 e. The number of nitrogen functional groups attached to an aromatic ring is 1. The first-order valence-corrected chi connectivity index (χ1v) is 6.99. The van der Waals surface area contributed by atoms with Gasteiger partial charge in [0.2, 0.25) is 0 Å². The van der Waals surface area contributed by atoms with Crippen LogP contribution in [0.1, 0.15) is 35.6 Å². The Morgan fingerprint density at radius 3 is 2.74 bits per heavy atom. The Balaban J connectivity index is 1.73. The Bertz CT molecular complexity index is 563. The van der Waals surface area contributed by atoms with Gasteiger partial charge in [-0.2, -0.15) is 0 Å². The average Bonchev–Trinajstić information content (AvgIpc) is 2.46. The number of hydrogen-bond acceptors (Lipinski definition) is 2. The minimum absolute atomic E-state index is 0.463. The lowest BCUT2D eigenvalue weighted by atomic mass is 9.87. The van der Waals surface area contributed by atoms with Gasteiger partial charge < -0.3 is 11.1 Å². The molecule has 0 radical (unpaired) electrons. The van der Waals surface area contributed by atoms with Gasteiger partial charge in [0, 0.05) is 18.3 Å². The van der Waals surface area contributed by atoms with Crippen LogP contribution in [0, 0.1) is 0 Å². The molecule has 19 heavy (non-hydrogen) atoms. The zero-order valence-corrected chi connectivity index (χ0v) is 11.1.